The molecule has 6 nitrogen and oxygen atoms in total. The molecule has 1 aromatic carbocycles. The summed E-state index contributed by atoms with van der Waals surface area (Å²) >= 11 is 0. The summed E-state index contributed by atoms with van der Waals surface area (Å²) in [6.07, 6.45) is 0.860. The van der Waals surface area contributed by atoms with Gasteiger partial charge in [-0.3, -0.25) is 9.59 Å². The number of pyridine rings is 1. The standard InChI is InChI=1S/C20H23N3O3/c24-18-9-14-11-21-10-13(14)8-17(18)23-20(26)15-6-7-16(22-19(15)25)12-4-2-1-3-5-12/h1-7,13-14,17-18,21,24H,8-11H2,(H,22,25)(H,23,26)/t13-,14+,17-,18-/m0/s1. The van der Waals surface area contributed by atoms with Gasteiger partial charge in [0.2, 0.25) is 0 Å². The van der Waals surface area contributed by atoms with Crippen LogP contribution in [-0.4, -0.2) is 41.2 Å². The monoisotopic (exact) mass is 353 g/mol. The third-order valence-corrected chi connectivity index (χ3v) is 5.60. The van der Waals surface area contributed by atoms with E-state index in [2.05, 4.69) is 15.6 Å². The number of aliphatic hydroxyl groups is 1. The van der Waals surface area contributed by atoms with Gasteiger partial charge in [-0.05, 0) is 55.5 Å². The van der Waals surface area contributed by atoms with Crippen molar-refractivity contribution in [3.8, 4) is 11.3 Å². The third kappa shape index (κ3) is 3.30. The highest BCUT2D eigenvalue weighted by Gasteiger charge is 2.39. The van der Waals surface area contributed by atoms with E-state index in [4.69, 9.17) is 0 Å². The first-order chi connectivity index (χ1) is 12.6. The number of rotatable bonds is 3. The van der Waals surface area contributed by atoms with Gasteiger partial charge in [0.05, 0.1) is 12.1 Å². The predicted molar refractivity (Wildman–Crippen MR) is 98.8 cm³/mol. The van der Waals surface area contributed by atoms with E-state index in [1.54, 1.807) is 12.1 Å². The van der Waals surface area contributed by atoms with Crippen LogP contribution in [0.3, 0.4) is 0 Å². The van der Waals surface area contributed by atoms with Crippen molar-refractivity contribution in [2.75, 3.05) is 13.1 Å². The van der Waals surface area contributed by atoms with Crippen molar-refractivity contribution < 1.29 is 9.90 Å². The maximum absolute atomic E-state index is 12.6. The van der Waals surface area contributed by atoms with Gasteiger partial charge in [0.25, 0.3) is 11.5 Å². The molecule has 1 saturated carbocycles. The summed E-state index contributed by atoms with van der Waals surface area (Å²) in [6, 6.07) is 12.5. The summed E-state index contributed by atoms with van der Waals surface area (Å²) in [6.45, 7) is 1.86. The van der Waals surface area contributed by atoms with Gasteiger partial charge in [0, 0.05) is 5.69 Å². The Kier molecular flexibility index (Phi) is 4.61. The van der Waals surface area contributed by atoms with Crippen molar-refractivity contribution >= 4 is 5.91 Å². The number of hydrogen-bond acceptors (Lipinski definition) is 4. The fraction of sp³-hybridized carbons (Fsp3) is 0.400. The molecule has 1 aliphatic carbocycles. The molecule has 26 heavy (non-hydrogen) atoms. The van der Waals surface area contributed by atoms with E-state index >= 15 is 0 Å². The van der Waals surface area contributed by atoms with Crippen molar-refractivity contribution in [2.45, 2.75) is 25.0 Å². The molecule has 1 aliphatic heterocycles. The van der Waals surface area contributed by atoms with E-state index in [1.165, 1.54) is 0 Å². The third-order valence-electron chi connectivity index (χ3n) is 5.60. The second kappa shape index (κ2) is 7.05. The van der Waals surface area contributed by atoms with Gasteiger partial charge < -0.3 is 20.7 Å². The zero-order valence-corrected chi connectivity index (χ0v) is 14.4. The number of hydrogen-bond donors (Lipinski definition) is 4. The second-order valence-electron chi connectivity index (χ2n) is 7.28. The number of amides is 1. The number of H-pyrrole nitrogens is 1. The van der Waals surface area contributed by atoms with Crippen LogP contribution in [-0.2, 0) is 0 Å². The Morgan fingerprint density at radius 2 is 1.77 bits per heavy atom. The topological polar surface area (TPSA) is 94.2 Å². The molecule has 2 aromatic rings. The summed E-state index contributed by atoms with van der Waals surface area (Å²) in [4.78, 5) is 27.7. The lowest BCUT2D eigenvalue weighted by Gasteiger charge is -2.35. The highest BCUT2D eigenvalue weighted by Crippen LogP contribution is 2.33. The van der Waals surface area contributed by atoms with Crippen LogP contribution in [0.5, 0.6) is 0 Å². The largest absolute Gasteiger partial charge is 0.391 e. The van der Waals surface area contributed by atoms with Gasteiger partial charge in [-0.2, -0.15) is 0 Å². The van der Waals surface area contributed by atoms with Gasteiger partial charge in [-0.25, -0.2) is 0 Å². The Balaban J connectivity index is 1.49. The average molecular weight is 353 g/mol. The Labute approximate surface area is 151 Å². The first-order valence-corrected chi connectivity index (χ1v) is 9.10. The Bertz CT molecular complexity index is 849. The Hall–Kier alpha value is -2.44. The van der Waals surface area contributed by atoms with Gasteiger partial charge in [-0.15, -0.1) is 0 Å². The van der Waals surface area contributed by atoms with E-state index in [0.717, 1.165) is 25.1 Å². The van der Waals surface area contributed by atoms with Crippen LogP contribution in [0.15, 0.2) is 47.3 Å². The minimum Gasteiger partial charge on any atom is -0.391 e. The first kappa shape index (κ1) is 17.0. The second-order valence-corrected chi connectivity index (χ2v) is 7.28. The molecule has 2 aliphatic rings. The first-order valence-electron chi connectivity index (χ1n) is 9.10. The van der Waals surface area contributed by atoms with E-state index in [1.807, 2.05) is 30.3 Å². The summed E-state index contributed by atoms with van der Waals surface area (Å²) in [5.74, 6) is 0.522. The molecule has 1 saturated heterocycles. The summed E-state index contributed by atoms with van der Waals surface area (Å²) in [5.41, 5.74) is 1.21. The molecule has 0 unspecified atom stereocenters. The van der Waals surface area contributed by atoms with Crippen molar-refractivity contribution in [1.29, 1.82) is 0 Å². The van der Waals surface area contributed by atoms with Gasteiger partial charge in [-0.1, -0.05) is 30.3 Å². The average Bonchev–Trinajstić information content (AvgIpc) is 3.09. The highest BCUT2D eigenvalue weighted by molar-refractivity contribution is 5.94. The molecule has 0 spiro atoms. The summed E-state index contributed by atoms with van der Waals surface area (Å²) < 4.78 is 0. The van der Waals surface area contributed by atoms with E-state index in [-0.39, 0.29) is 11.6 Å². The lowest BCUT2D eigenvalue weighted by atomic mass is 9.77. The van der Waals surface area contributed by atoms with Crippen molar-refractivity contribution in [3.05, 3.63) is 58.4 Å². The number of aromatic nitrogens is 1. The molecule has 0 bridgehead atoms. The number of benzene rings is 1. The van der Waals surface area contributed by atoms with Gasteiger partial charge in [0.15, 0.2) is 0 Å². The number of carbonyl (C=O) groups excluding carboxylic acids is 1. The molecule has 1 amide bonds. The van der Waals surface area contributed by atoms with Crippen LogP contribution < -0.4 is 16.2 Å². The van der Waals surface area contributed by atoms with Crippen LogP contribution in [0.1, 0.15) is 23.2 Å². The Morgan fingerprint density at radius 1 is 1.04 bits per heavy atom. The molecule has 4 N–H and O–H groups in total. The lowest BCUT2D eigenvalue weighted by molar-refractivity contribution is 0.0461. The van der Waals surface area contributed by atoms with E-state index in [0.29, 0.717) is 24.0 Å². The van der Waals surface area contributed by atoms with Crippen LogP contribution >= 0.6 is 0 Å². The predicted octanol–water partition coefficient (Wildman–Crippen LogP) is 1.13. The van der Waals surface area contributed by atoms with Crippen molar-refractivity contribution in [2.24, 2.45) is 11.8 Å². The zero-order valence-electron chi connectivity index (χ0n) is 14.4. The molecule has 4 atom stereocenters. The van der Waals surface area contributed by atoms with Gasteiger partial charge >= 0.3 is 0 Å². The lowest BCUT2D eigenvalue weighted by Crippen LogP contribution is -2.50. The minimum atomic E-state index is -0.567. The zero-order chi connectivity index (χ0) is 18.1. The summed E-state index contributed by atoms with van der Waals surface area (Å²) in [7, 11) is 0. The number of aromatic amines is 1. The number of carbonyl (C=O) groups is 1. The van der Waals surface area contributed by atoms with Crippen molar-refractivity contribution in [3.63, 3.8) is 0 Å². The van der Waals surface area contributed by atoms with E-state index in [9.17, 15) is 14.7 Å². The maximum atomic E-state index is 12.6. The smallest absolute Gasteiger partial charge is 0.261 e. The molecular formula is C20H23N3O3. The molecular weight excluding hydrogens is 330 g/mol. The van der Waals surface area contributed by atoms with Crippen molar-refractivity contribution in [1.82, 2.24) is 15.6 Å². The molecule has 136 valence electrons. The van der Waals surface area contributed by atoms with Crippen LogP contribution in [0.4, 0.5) is 0 Å². The highest BCUT2D eigenvalue weighted by atomic mass is 16.3. The summed E-state index contributed by atoms with van der Waals surface area (Å²) in [5, 5.41) is 16.5. The maximum Gasteiger partial charge on any atom is 0.261 e. The molecule has 0 radical (unpaired) electrons. The van der Waals surface area contributed by atoms with Crippen LogP contribution in [0.25, 0.3) is 11.3 Å². The molecule has 4 rings (SSSR count). The normalized spacial score (nSPS) is 27.7. The van der Waals surface area contributed by atoms with Gasteiger partial charge in [0.1, 0.15) is 5.56 Å². The van der Waals surface area contributed by atoms with E-state index < -0.39 is 17.6 Å². The Morgan fingerprint density at radius 3 is 2.50 bits per heavy atom. The SMILES string of the molecule is O=C(N[C@H]1C[C@H]2CNC[C@H]2C[C@@H]1O)c1ccc(-c2ccccc2)[nH]c1=O. The quantitative estimate of drug-likeness (QED) is 0.665. The van der Waals surface area contributed by atoms with Crippen LogP contribution in [0, 0.1) is 11.8 Å². The number of nitrogens with one attached hydrogen (secondary N) is 3. The number of aliphatic hydroxyl groups excluding tert-OH is 1. The molecule has 2 fully saturated rings. The minimum absolute atomic E-state index is 0.0727. The fourth-order valence-corrected chi connectivity index (χ4v) is 4.14. The molecule has 2 heterocycles. The number of fused-ring (bicyclic) bond motifs is 1. The molecule has 6 heteroatoms. The fourth-order valence-electron chi connectivity index (χ4n) is 4.14. The van der Waals surface area contributed by atoms with Crippen LogP contribution in [0.2, 0.25) is 0 Å². The molecule has 1 aromatic heterocycles.